The highest BCUT2D eigenvalue weighted by Gasteiger charge is 2.16. The molecule has 0 spiro atoms. The second kappa shape index (κ2) is 18.5. The molecule has 0 aliphatic carbocycles. The second-order valence-corrected chi connectivity index (χ2v) is 8.46. The molecule has 0 saturated heterocycles. The van der Waals surface area contributed by atoms with E-state index in [1.54, 1.807) is 25.1 Å². The molecule has 43 heavy (non-hydrogen) atoms. The number of nitrogen functional groups attached to an aromatic ring is 1. The number of hydrogen-bond donors (Lipinski definition) is 4. The molecule has 0 saturated carbocycles. The van der Waals surface area contributed by atoms with Crippen molar-refractivity contribution in [1.82, 2.24) is 0 Å². The summed E-state index contributed by atoms with van der Waals surface area (Å²) in [7, 11) is -4.67. The van der Waals surface area contributed by atoms with Crippen molar-refractivity contribution >= 4 is 38.8 Å². The first kappa shape index (κ1) is 39.3. The first-order valence-electron chi connectivity index (χ1n) is 10.7. The summed E-state index contributed by atoms with van der Waals surface area (Å²) >= 11 is 0. The van der Waals surface area contributed by atoms with Crippen molar-refractivity contribution in [3.63, 3.8) is 0 Å². The number of rotatable bonds is 4. The number of anilines is 1. The van der Waals surface area contributed by atoms with E-state index >= 15 is 0 Å². The van der Waals surface area contributed by atoms with E-state index in [4.69, 9.17) is 38.6 Å². The van der Waals surface area contributed by atoms with Crippen LogP contribution < -0.4 is 5.73 Å². The highest BCUT2D eigenvalue weighted by Crippen LogP contribution is 2.23. The summed E-state index contributed by atoms with van der Waals surface area (Å²) in [5.74, 6) is 0. The molecule has 234 valence electrons. The quantitative estimate of drug-likeness (QED) is 0.135. The summed E-state index contributed by atoms with van der Waals surface area (Å²) in [6, 6.07) is 14.4. The minimum absolute atomic E-state index is 0.0353. The number of nitrogens with two attached hydrogens (primary N) is 1. The molecule has 0 aliphatic heterocycles. The van der Waals surface area contributed by atoms with Gasteiger partial charge in [-0.05, 0) is 32.4 Å². The molecule has 5 N–H and O–H groups in total. The van der Waals surface area contributed by atoms with Gasteiger partial charge in [0.1, 0.15) is 0 Å². The summed E-state index contributed by atoms with van der Waals surface area (Å²) in [6.07, 6.45) is 0. The third-order valence-corrected chi connectivity index (χ3v) is 4.32. The van der Waals surface area contributed by atoms with Crippen molar-refractivity contribution in [2.75, 3.05) is 5.73 Å². The van der Waals surface area contributed by atoms with Crippen LogP contribution >= 0.6 is 0 Å². The van der Waals surface area contributed by atoms with E-state index in [0.717, 1.165) is 17.2 Å². The van der Waals surface area contributed by atoms with E-state index in [2.05, 4.69) is 0 Å². The Morgan fingerprint density at radius 3 is 1.26 bits per heavy atom. The van der Waals surface area contributed by atoms with Crippen LogP contribution in [0.4, 0.5) is 28.4 Å². The lowest BCUT2D eigenvalue weighted by Crippen LogP contribution is -1.94. The molecule has 22 heteroatoms. The van der Waals surface area contributed by atoms with Crippen LogP contribution in [-0.2, 0) is 10.4 Å². The molecule has 3 aromatic rings. The smallest absolute Gasteiger partial charge is 0.394 e. The first-order chi connectivity index (χ1) is 19.6. The maximum absolute atomic E-state index is 10.4. The van der Waals surface area contributed by atoms with Crippen molar-refractivity contribution in [1.29, 1.82) is 0 Å². The number of hydrogen-bond acceptors (Lipinski definition) is 13. The highest BCUT2D eigenvalue weighted by molar-refractivity contribution is 7.79. The lowest BCUT2D eigenvalue weighted by molar-refractivity contribution is -0.742. The third kappa shape index (κ3) is 19.8. The van der Waals surface area contributed by atoms with Crippen LogP contribution in [0.25, 0.3) is 0 Å². The maximum atomic E-state index is 10.4. The number of nitro groups is 4. The number of nitro benzene ring substituents is 4. The van der Waals surface area contributed by atoms with E-state index in [0.29, 0.717) is 11.3 Å². The molecule has 0 atom stereocenters. The van der Waals surface area contributed by atoms with Crippen LogP contribution in [0.1, 0.15) is 16.7 Å². The van der Waals surface area contributed by atoms with Gasteiger partial charge in [0.15, 0.2) is 0 Å². The van der Waals surface area contributed by atoms with E-state index in [1.807, 2.05) is 6.92 Å². The van der Waals surface area contributed by atoms with E-state index in [-0.39, 0.29) is 22.7 Å². The highest BCUT2D eigenvalue weighted by atomic mass is 32.3. The van der Waals surface area contributed by atoms with Crippen molar-refractivity contribution < 1.29 is 47.5 Å². The summed E-state index contributed by atoms with van der Waals surface area (Å²) in [6.45, 7) is 5.23. The zero-order valence-corrected chi connectivity index (χ0v) is 23.1. The molecule has 0 bridgehead atoms. The van der Waals surface area contributed by atoms with Gasteiger partial charge in [-0.25, -0.2) is 0 Å². The van der Waals surface area contributed by atoms with Gasteiger partial charge in [0.2, 0.25) is 0 Å². The molecule has 3 aromatic carbocycles. The Kier molecular flexibility index (Phi) is 16.9. The number of nitrogens with zero attached hydrogens (tertiary/aromatic N) is 5. The van der Waals surface area contributed by atoms with Crippen LogP contribution in [0.2, 0.25) is 0 Å². The van der Waals surface area contributed by atoms with Crippen molar-refractivity contribution in [2.24, 2.45) is 0 Å². The van der Waals surface area contributed by atoms with Gasteiger partial charge < -0.3 is 10.9 Å². The van der Waals surface area contributed by atoms with Gasteiger partial charge in [0, 0.05) is 41.6 Å². The van der Waals surface area contributed by atoms with Crippen LogP contribution in [0.3, 0.4) is 0 Å². The zero-order valence-electron chi connectivity index (χ0n) is 22.2. The van der Waals surface area contributed by atoms with Gasteiger partial charge in [0.25, 0.3) is 27.8 Å². The third-order valence-electron chi connectivity index (χ3n) is 4.32. The molecular weight excluding hydrogens is 608 g/mol. The minimum Gasteiger partial charge on any atom is -0.398 e. The van der Waals surface area contributed by atoms with Crippen LogP contribution in [0.5, 0.6) is 0 Å². The molecule has 0 aromatic heterocycles. The van der Waals surface area contributed by atoms with Crippen LogP contribution in [-0.4, -0.2) is 47.5 Å². The molecule has 0 aliphatic rings. The minimum atomic E-state index is -4.67. The predicted molar refractivity (Wildman–Crippen MR) is 148 cm³/mol. The van der Waals surface area contributed by atoms with Crippen LogP contribution in [0, 0.1) is 71.3 Å². The van der Waals surface area contributed by atoms with Crippen molar-refractivity contribution in [3.8, 4) is 0 Å². The fraction of sp³-hybridized carbons (Fsp3) is 0.143. The van der Waals surface area contributed by atoms with Gasteiger partial charge in [-0.1, -0.05) is 23.8 Å². The van der Waals surface area contributed by atoms with E-state index in [1.165, 1.54) is 43.3 Å². The average Bonchev–Trinajstić information content (AvgIpc) is 2.85. The monoisotopic (exact) mass is 632 g/mol. The normalized spacial score (nSPS) is 9.42. The zero-order chi connectivity index (χ0) is 34.1. The molecule has 0 amide bonds. The average molecular weight is 633 g/mol. The molecule has 21 nitrogen and oxygen atoms in total. The summed E-state index contributed by atoms with van der Waals surface area (Å²) in [5, 5.41) is 54.6. The Morgan fingerprint density at radius 2 is 0.930 bits per heavy atom. The van der Waals surface area contributed by atoms with Gasteiger partial charge in [0.05, 0.1) is 25.8 Å². The SMILES string of the molecule is Cc1ccc([N+](=O)[O-])cc1.Cc1ccc([N+](=O)[O-])cc1N.Cc1ccc([N+](=O)[O-])cc1[N+](=O)[O-].O=S(=O)(O)O.O=[N+]([O-])O. The lowest BCUT2D eigenvalue weighted by atomic mass is 10.2. The van der Waals surface area contributed by atoms with Crippen molar-refractivity contribution in [2.45, 2.75) is 20.8 Å². The predicted octanol–water partition coefficient (Wildman–Crippen LogP) is 4.20. The van der Waals surface area contributed by atoms with E-state index in [9.17, 15) is 40.5 Å². The molecule has 0 unspecified atom stereocenters. The summed E-state index contributed by atoms with van der Waals surface area (Å²) < 4.78 is 31.6. The lowest BCUT2D eigenvalue weighted by Gasteiger charge is -1.97. The standard InChI is InChI=1S/C7H6N2O4.C7H8N2O2.C7H7NO2.HNO3.H2O4S/c1-5-2-3-6(8(10)11)4-7(5)9(12)13;1-5-2-3-6(9(10)11)4-7(5)8;1-6-2-4-7(5-3-6)8(9)10;2-1(3)4;1-5(2,3)4/h2-4H,1H3;2-4H,8H2,1H3;2-5H,1H3;(H,2,3,4);(H2,1,2,3,4). The van der Waals surface area contributed by atoms with Gasteiger partial charge >= 0.3 is 10.4 Å². The molecule has 0 heterocycles. The molecule has 0 radical (unpaired) electrons. The number of aryl methyl sites for hydroxylation is 3. The van der Waals surface area contributed by atoms with Gasteiger partial charge in [-0.15, -0.1) is 10.1 Å². The fourth-order valence-corrected chi connectivity index (χ4v) is 2.32. The maximum Gasteiger partial charge on any atom is 0.394 e. The van der Waals surface area contributed by atoms with Crippen molar-refractivity contribution in [3.05, 3.63) is 128 Å². The Balaban J connectivity index is 0. The largest absolute Gasteiger partial charge is 0.398 e. The Labute approximate surface area is 241 Å². The Hall–Kier alpha value is -5.87. The number of benzene rings is 3. The van der Waals surface area contributed by atoms with E-state index < -0.39 is 35.2 Å². The molecule has 0 fully saturated rings. The Morgan fingerprint density at radius 1 is 0.605 bits per heavy atom. The second-order valence-electron chi connectivity index (χ2n) is 7.56. The fourth-order valence-electron chi connectivity index (χ4n) is 2.32. The Bertz CT molecular complexity index is 1540. The summed E-state index contributed by atoms with van der Waals surface area (Å²) in [5.41, 5.74) is 7.90. The molecule has 3 rings (SSSR count). The number of non-ortho nitro benzene ring substituents is 3. The van der Waals surface area contributed by atoms with Crippen LogP contribution in [0.15, 0.2) is 60.7 Å². The molecular formula is C21H24N6O15S. The summed E-state index contributed by atoms with van der Waals surface area (Å²) in [4.78, 5) is 47.2. The first-order valence-corrected chi connectivity index (χ1v) is 12.1. The topological polar surface area (TPSA) is 337 Å². The van der Waals surface area contributed by atoms with Gasteiger partial charge in [-0.3, -0.25) is 49.6 Å². The van der Waals surface area contributed by atoms with Gasteiger partial charge in [-0.2, -0.15) is 8.42 Å².